The number of anilines is 1. The standard InChI is InChI=1S/C21H19ClN4O4S/c22-13-5-9-15(10-6-13)29-11-19-25-26-21(30-19)31-12-18(27)24-17-4-2-1-3-16(17)20(28)23-14-7-8-14/h1-6,9-10,14H,7-8,11-12H2,(H,23,28)(H,24,27). The van der Waals surface area contributed by atoms with Crippen molar-refractivity contribution in [2.75, 3.05) is 11.1 Å². The molecule has 2 amide bonds. The molecule has 0 radical (unpaired) electrons. The smallest absolute Gasteiger partial charge is 0.277 e. The van der Waals surface area contributed by atoms with Crippen molar-refractivity contribution in [2.45, 2.75) is 30.7 Å². The number of ether oxygens (including phenoxy) is 1. The van der Waals surface area contributed by atoms with Crippen LogP contribution >= 0.6 is 23.4 Å². The Labute approximate surface area is 187 Å². The van der Waals surface area contributed by atoms with Gasteiger partial charge in [0.05, 0.1) is 17.0 Å². The Hall–Kier alpha value is -3.04. The topological polar surface area (TPSA) is 106 Å². The van der Waals surface area contributed by atoms with E-state index < -0.39 is 0 Å². The summed E-state index contributed by atoms with van der Waals surface area (Å²) in [7, 11) is 0. The van der Waals surface area contributed by atoms with E-state index in [1.54, 1.807) is 48.5 Å². The van der Waals surface area contributed by atoms with Gasteiger partial charge in [0.1, 0.15) is 5.75 Å². The molecule has 1 fully saturated rings. The molecule has 1 heterocycles. The molecule has 8 nitrogen and oxygen atoms in total. The van der Waals surface area contributed by atoms with Crippen LogP contribution < -0.4 is 15.4 Å². The highest BCUT2D eigenvalue weighted by atomic mass is 35.5. The molecule has 1 aliphatic rings. The monoisotopic (exact) mass is 458 g/mol. The first-order chi connectivity index (χ1) is 15.1. The highest BCUT2D eigenvalue weighted by molar-refractivity contribution is 7.99. The Morgan fingerprint density at radius 3 is 2.68 bits per heavy atom. The molecule has 160 valence electrons. The van der Waals surface area contributed by atoms with Crippen LogP contribution in [-0.4, -0.2) is 33.8 Å². The molecule has 0 aliphatic heterocycles. The average Bonchev–Trinajstić information content (AvgIpc) is 3.47. The lowest BCUT2D eigenvalue weighted by molar-refractivity contribution is -0.113. The van der Waals surface area contributed by atoms with E-state index in [4.69, 9.17) is 20.8 Å². The molecule has 4 rings (SSSR count). The Bertz CT molecular complexity index is 1070. The summed E-state index contributed by atoms with van der Waals surface area (Å²) < 4.78 is 11.0. The maximum absolute atomic E-state index is 12.4. The maximum atomic E-state index is 12.4. The zero-order valence-corrected chi connectivity index (χ0v) is 17.9. The predicted molar refractivity (Wildman–Crippen MR) is 116 cm³/mol. The van der Waals surface area contributed by atoms with E-state index in [9.17, 15) is 9.59 Å². The number of hydrogen-bond acceptors (Lipinski definition) is 7. The summed E-state index contributed by atoms with van der Waals surface area (Å²) in [6.07, 6.45) is 1.99. The summed E-state index contributed by atoms with van der Waals surface area (Å²) in [6.45, 7) is 0.102. The van der Waals surface area contributed by atoms with Crippen LogP contribution in [0.2, 0.25) is 5.02 Å². The molecule has 1 aromatic heterocycles. The normalized spacial score (nSPS) is 12.9. The lowest BCUT2D eigenvalue weighted by atomic mass is 10.1. The third kappa shape index (κ3) is 6.22. The summed E-state index contributed by atoms with van der Waals surface area (Å²) in [5.41, 5.74) is 0.904. The van der Waals surface area contributed by atoms with Crippen molar-refractivity contribution in [3.05, 3.63) is 65.0 Å². The van der Waals surface area contributed by atoms with Crippen molar-refractivity contribution < 1.29 is 18.7 Å². The summed E-state index contributed by atoms with van der Waals surface area (Å²) in [5, 5.41) is 14.4. The first-order valence-corrected chi connectivity index (χ1v) is 11.0. The molecule has 0 unspecified atom stereocenters. The number of carbonyl (C=O) groups excluding carboxylic acids is 2. The van der Waals surface area contributed by atoms with E-state index in [1.807, 2.05) is 0 Å². The van der Waals surface area contributed by atoms with E-state index in [1.165, 1.54) is 0 Å². The molecule has 2 N–H and O–H groups in total. The fraction of sp³-hybridized carbons (Fsp3) is 0.238. The zero-order chi connectivity index (χ0) is 21.6. The minimum atomic E-state index is -0.283. The number of benzene rings is 2. The van der Waals surface area contributed by atoms with Crippen LogP contribution in [0.4, 0.5) is 5.69 Å². The van der Waals surface area contributed by atoms with Crippen molar-refractivity contribution in [3.8, 4) is 5.75 Å². The Morgan fingerprint density at radius 1 is 1.13 bits per heavy atom. The van der Waals surface area contributed by atoms with E-state index in [0.717, 1.165) is 24.6 Å². The number of halogens is 1. The molecular weight excluding hydrogens is 440 g/mol. The summed E-state index contributed by atoms with van der Waals surface area (Å²) in [4.78, 5) is 24.7. The largest absolute Gasteiger partial charge is 0.484 e. The third-order valence-electron chi connectivity index (χ3n) is 4.31. The van der Waals surface area contributed by atoms with Crippen molar-refractivity contribution in [1.29, 1.82) is 0 Å². The minimum absolute atomic E-state index is 0.0538. The molecule has 0 spiro atoms. The van der Waals surface area contributed by atoms with Gasteiger partial charge in [0.25, 0.3) is 17.0 Å². The number of amides is 2. The number of rotatable bonds is 9. The molecule has 0 atom stereocenters. The number of nitrogens with one attached hydrogen (secondary N) is 2. The minimum Gasteiger partial charge on any atom is -0.484 e. The molecule has 2 aromatic carbocycles. The van der Waals surface area contributed by atoms with Crippen LogP contribution in [0, 0.1) is 0 Å². The number of hydrogen-bond donors (Lipinski definition) is 2. The fourth-order valence-corrected chi connectivity index (χ4v) is 3.33. The van der Waals surface area contributed by atoms with Gasteiger partial charge in [-0.3, -0.25) is 9.59 Å². The highest BCUT2D eigenvalue weighted by Crippen LogP contribution is 2.23. The molecule has 31 heavy (non-hydrogen) atoms. The van der Waals surface area contributed by atoms with E-state index >= 15 is 0 Å². The van der Waals surface area contributed by atoms with E-state index in [0.29, 0.717) is 27.9 Å². The summed E-state index contributed by atoms with van der Waals surface area (Å²) in [5.74, 6) is 0.501. The second kappa shape index (κ2) is 9.84. The van der Waals surface area contributed by atoms with Crippen molar-refractivity contribution >= 4 is 40.9 Å². The molecule has 10 heteroatoms. The van der Waals surface area contributed by atoms with Crippen molar-refractivity contribution in [2.24, 2.45) is 0 Å². The number of aromatic nitrogens is 2. The lowest BCUT2D eigenvalue weighted by Crippen LogP contribution is -2.27. The van der Waals surface area contributed by atoms with Gasteiger partial charge in [-0.2, -0.15) is 0 Å². The summed E-state index contributed by atoms with van der Waals surface area (Å²) >= 11 is 6.94. The zero-order valence-electron chi connectivity index (χ0n) is 16.3. The molecular formula is C21H19ClN4O4S. The number of carbonyl (C=O) groups is 2. The second-order valence-electron chi connectivity index (χ2n) is 6.83. The van der Waals surface area contributed by atoms with Gasteiger partial charge < -0.3 is 19.8 Å². The number of para-hydroxylation sites is 1. The molecule has 3 aromatic rings. The molecule has 0 saturated heterocycles. The SMILES string of the molecule is O=C(CSc1nnc(COc2ccc(Cl)cc2)o1)Nc1ccccc1C(=O)NC1CC1. The van der Waals surface area contributed by atoms with Gasteiger partial charge in [-0.15, -0.1) is 10.2 Å². The average molecular weight is 459 g/mol. The molecule has 1 saturated carbocycles. The van der Waals surface area contributed by atoms with Gasteiger partial charge in [0.15, 0.2) is 6.61 Å². The van der Waals surface area contributed by atoms with Crippen LogP contribution in [0.3, 0.4) is 0 Å². The van der Waals surface area contributed by atoms with Crippen LogP contribution in [0.1, 0.15) is 29.1 Å². The Kier molecular flexibility index (Phi) is 6.73. The fourth-order valence-electron chi connectivity index (χ4n) is 2.63. The van der Waals surface area contributed by atoms with Crippen LogP contribution in [-0.2, 0) is 11.4 Å². The quantitative estimate of drug-likeness (QED) is 0.468. The number of thioether (sulfide) groups is 1. The molecule has 1 aliphatic carbocycles. The first-order valence-electron chi connectivity index (χ1n) is 9.60. The number of nitrogens with zero attached hydrogens (tertiary/aromatic N) is 2. The third-order valence-corrected chi connectivity index (χ3v) is 5.38. The van der Waals surface area contributed by atoms with Crippen molar-refractivity contribution in [3.63, 3.8) is 0 Å². The van der Waals surface area contributed by atoms with E-state index in [-0.39, 0.29) is 35.4 Å². The maximum Gasteiger partial charge on any atom is 0.277 e. The van der Waals surface area contributed by atoms with Crippen molar-refractivity contribution in [1.82, 2.24) is 15.5 Å². The highest BCUT2D eigenvalue weighted by Gasteiger charge is 2.25. The van der Waals surface area contributed by atoms with E-state index in [2.05, 4.69) is 20.8 Å². The van der Waals surface area contributed by atoms with Gasteiger partial charge in [0.2, 0.25) is 5.91 Å². The second-order valence-corrected chi connectivity index (χ2v) is 8.20. The van der Waals surface area contributed by atoms with Gasteiger partial charge >= 0.3 is 0 Å². The van der Waals surface area contributed by atoms with Gasteiger partial charge in [-0.05, 0) is 49.2 Å². The summed E-state index contributed by atoms with van der Waals surface area (Å²) in [6, 6.07) is 14.1. The first kappa shape index (κ1) is 21.2. The van der Waals surface area contributed by atoms with Crippen LogP contribution in [0.5, 0.6) is 5.75 Å². The molecule has 0 bridgehead atoms. The van der Waals surface area contributed by atoms with Crippen LogP contribution in [0.25, 0.3) is 0 Å². The Morgan fingerprint density at radius 2 is 1.90 bits per heavy atom. The van der Waals surface area contributed by atoms with Gasteiger partial charge in [-0.1, -0.05) is 35.5 Å². The predicted octanol–water partition coefficient (Wildman–Crippen LogP) is 3.93. The lowest BCUT2D eigenvalue weighted by Gasteiger charge is -2.10. The van der Waals surface area contributed by atoms with Gasteiger partial charge in [-0.25, -0.2) is 0 Å². The van der Waals surface area contributed by atoms with Crippen LogP contribution in [0.15, 0.2) is 58.2 Å². The Balaban J connectivity index is 1.27. The van der Waals surface area contributed by atoms with Gasteiger partial charge in [0, 0.05) is 11.1 Å².